The molecule has 1 aliphatic heterocycles. The number of anilines is 2. The van der Waals surface area contributed by atoms with Crippen molar-refractivity contribution in [2.24, 2.45) is 0 Å². The summed E-state index contributed by atoms with van der Waals surface area (Å²) in [5, 5.41) is 3.10. The van der Waals surface area contributed by atoms with Crippen molar-refractivity contribution in [3.63, 3.8) is 0 Å². The largest absolute Gasteiger partial charge is 0.339 e. The van der Waals surface area contributed by atoms with Crippen LogP contribution in [0, 0.1) is 6.92 Å². The molecule has 2 amide bonds. The Balaban J connectivity index is 1.61. The van der Waals surface area contributed by atoms with Crippen LogP contribution in [-0.4, -0.2) is 57.8 Å². The van der Waals surface area contributed by atoms with Crippen LogP contribution in [0.25, 0.3) is 0 Å². The van der Waals surface area contributed by atoms with Gasteiger partial charge >= 0.3 is 0 Å². The smallest absolute Gasteiger partial charge is 0.257 e. The van der Waals surface area contributed by atoms with E-state index in [-0.39, 0.29) is 11.8 Å². The van der Waals surface area contributed by atoms with E-state index in [1.54, 1.807) is 16.7 Å². The standard InChI is InChI=1S/C18H21N5O2/c1-13-3-5-16(6-4-13)21-18-19-11-15(12-20-18)17(25)23-9-7-22(8-10-23)14(2)24/h3-6,11-12H,7-10H2,1-2H3,(H,19,20,21). The van der Waals surface area contributed by atoms with E-state index in [1.165, 1.54) is 18.0 Å². The molecule has 1 aliphatic rings. The number of aryl methyl sites for hydroxylation is 1. The number of aromatic nitrogens is 2. The van der Waals surface area contributed by atoms with Gasteiger partial charge in [0.2, 0.25) is 11.9 Å². The number of hydrogen-bond acceptors (Lipinski definition) is 5. The Kier molecular flexibility index (Phi) is 4.92. The minimum atomic E-state index is -0.106. The third-order valence-corrected chi connectivity index (χ3v) is 4.22. The summed E-state index contributed by atoms with van der Waals surface area (Å²) in [5.41, 5.74) is 2.52. The number of carbonyl (C=O) groups excluding carboxylic acids is 2. The van der Waals surface area contributed by atoms with Crippen LogP contribution in [0.5, 0.6) is 0 Å². The second-order valence-electron chi connectivity index (χ2n) is 6.08. The molecule has 0 unspecified atom stereocenters. The molecule has 3 rings (SSSR count). The molecule has 25 heavy (non-hydrogen) atoms. The lowest BCUT2D eigenvalue weighted by molar-refractivity contribution is -0.130. The molecule has 2 heterocycles. The highest BCUT2D eigenvalue weighted by Gasteiger charge is 2.23. The first-order valence-corrected chi connectivity index (χ1v) is 8.23. The number of amides is 2. The van der Waals surface area contributed by atoms with Crippen LogP contribution >= 0.6 is 0 Å². The summed E-state index contributed by atoms with van der Waals surface area (Å²) in [6, 6.07) is 7.90. The molecule has 2 aromatic rings. The highest BCUT2D eigenvalue weighted by atomic mass is 16.2. The van der Waals surface area contributed by atoms with Crippen LogP contribution in [0.3, 0.4) is 0 Å². The van der Waals surface area contributed by atoms with E-state index in [0.29, 0.717) is 37.7 Å². The zero-order chi connectivity index (χ0) is 17.8. The first-order chi connectivity index (χ1) is 12.0. The highest BCUT2D eigenvalue weighted by molar-refractivity contribution is 5.94. The molecule has 0 saturated carbocycles. The second kappa shape index (κ2) is 7.29. The van der Waals surface area contributed by atoms with Gasteiger partial charge in [-0.15, -0.1) is 0 Å². The van der Waals surface area contributed by atoms with Gasteiger partial charge < -0.3 is 15.1 Å². The van der Waals surface area contributed by atoms with Gasteiger partial charge in [0.05, 0.1) is 5.56 Å². The maximum Gasteiger partial charge on any atom is 0.257 e. The SMILES string of the molecule is CC(=O)N1CCN(C(=O)c2cnc(Nc3ccc(C)cc3)nc2)CC1. The molecule has 0 spiro atoms. The van der Waals surface area contributed by atoms with Crippen molar-refractivity contribution >= 4 is 23.5 Å². The van der Waals surface area contributed by atoms with Crippen molar-refractivity contribution < 1.29 is 9.59 Å². The number of nitrogens with one attached hydrogen (secondary N) is 1. The van der Waals surface area contributed by atoms with Crippen LogP contribution in [0.1, 0.15) is 22.8 Å². The van der Waals surface area contributed by atoms with Crippen LogP contribution in [-0.2, 0) is 4.79 Å². The molecule has 1 aromatic carbocycles. The molecule has 1 saturated heterocycles. The third kappa shape index (κ3) is 4.12. The molecule has 130 valence electrons. The number of rotatable bonds is 3. The zero-order valence-electron chi connectivity index (χ0n) is 14.4. The fourth-order valence-corrected chi connectivity index (χ4v) is 2.68. The summed E-state index contributed by atoms with van der Waals surface area (Å²) in [4.78, 5) is 35.8. The van der Waals surface area contributed by atoms with Crippen molar-refractivity contribution in [2.45, 2.75) is 13.8 Å². The maximum atomic E-state index is 12.5. The Morgan fingerprint density at radius 2 is 1.52 bits per heavy atom. The Morgan fingerprint density at radius 1 is 0.960 bits per heavy atom. The lowest BCUT2D eigenvalue weighted by atomic mass is 10.2. The summed E-state index contributed by atoms with van der Waals surface area (Å²) in [5.74, 6) is 0.383. The average molecular weight is 339 g/mol. The first kappa shape index (κ1) is 16.9. The highest BCUT2D eigenvalue weighted by Crippen LogP contribution is 2.14. The van der Waals surface area contributed by atoms with Gasteiger partial charge in [-0.05, 0) is 19.1 Å². The van der Waals surface area contributed by atoms with Crippen LogP contribution in [0.15, 0.2) is 36.7 Å². The molecule has 7 heteroatoms. The van der Waals surface area contributed by atoms with Gasteiger partial charge in [0.25, 0.3) is 5.91 Å². The normalized spacial score (nSPS) is 14.3. The van der Waals surface area contributed by atoms with Gasteiger partial charge in [0.1, 0.15) is 0 Å². The van der Waals surface area contributed by atoms with Gasteiger partial charge in [-0.3, -0.25) is 9.59 Å². The van der Waals surface area contributed by atoms with Gasteiger partial charge in [-0.1, -0.05) is 17.7 Å². The Labute approximate surface area is 146 Å². The average Bonchev–Trinajstić information content (AvgIpc) is 2.64. The predicted molar refractivity (Wildman–Crippen MR) is 94.7 cm³/mol. The number of hydrogen-bond donors (Lipinski definition) is 1. The van der Waals surface area contributed by atoms with Gasteiger partial charge in [-0.25, -0.2) is 9.97 Å². The Hall–Kier alpha value is -2.96. The zero-order valence-corrected chi connectivity index (χ0v) is 14.4. The molecule has 1 N–H and O–H groups in total. The number of carbonyl (C=O) groups is 2. The molecule has 0 radical (unpaired) electrons. The van der Waals surface area contributed by atoms with Crippen LogP contribution < -0.4 is 5.32 Å². The first-order valence-electron chi connectivity index (χ1n) is 8.23. The van der Waals surface area contributed by atoms with Crippen LogP contribution in [0.4, 0.5) is 11.6 Å². The van der Waals surface area contributed by atoms with Crippen molar-refractivity contribution in [2.75, 3.05) is 31.5 Å². The van der Waals surface area contributed by atoms with Crippen LogP contribution in [0.2, 0.25) is 0 Å². The molecule has 7 nitrogen and oxygen atoms in total. The fourth-order valence-electron chi connectivity index (χ4n) is 2.68. The van der Waals surface area contributed by atoms with Crippen molar-refractivity contribution in [1.29, 1.82) is 0 Å². The van der Waals surface area contributed by atoms with Crippen molar-refractivity contribution in [3.8, 4) is 0 Å². The molecule has 1 aromatic heterocycles. The topological polar surface area (TPSA) is 78.4 Å². The Morgan fingerprint density at radius 3 is 2.08 bits per heavy atom. The van der Waals surface area contributed by atoms with Crippen molar-refractivity contribution in [1.82, 2.24) is 19.8 Å². The molecule has 0 atom stereocenters. The third-order valence-electron chi connectivity index (χ3n) is 4.22. The summed E-state index contributed by atoms with van der Waals surface area (Å²) in [6.07, 6.45) is 3.06. The van der Waals surface area contributed by atoms with E-state index in [0.717, 1.165) is 5.69 Å². The second-order valence-corrected chi connectivity index (χ2v) is 6.08. The monoisotopic (exact) mass is 339 g/mol. The minimum Gasteiger partial charge on any atom is -0.339 e. The Bertz CT molecular complexity index is 750. The van der Waals surface area contributed by atoms with Crippen molar-refractivity contribution in [3.05, 3.63) is 47.8 Å². The summed E-state index contributed by atoms with van der Waals surface area (Å²) < 4.78 is 0. The van der Waals surface area contributed by atoms with E-state index in [4.69, 9.17) is 0 Å². The predicted octanol–water partition coefficient (Wildman–Crippen LogP) is 1.83. The van der Waals surface area contributed by atoms with E-state index in [2.05, 4.69) is 15.3 Å². The lowest BCUT2D eigenvalue weighted by Gasteiger charge is -2.34. The van der Waals surface area contributed by atoms with E-state index >= 15 is 0 Å². The molecule has 1 fully saturated rings. The molecular weight excluding hydrogens is 318 g/mol. The number of piperazine rings is 1. The molecule has 0 aliphatic carbocycles. The van der Waals surface area contributed by atoms with E-state index in [1.807, 2.05) is 31.2 Å². The summed E-state index contributed by atoms with van der Waals surface area (Å²) in [7, 11) is 0. The molecular formula is C18H21N5O2. The summed E-state index contributed by atoms with van der Waals surface area (Å²) in [6.45, 7) is 5.76. The van der Waals surface area contributed by atoms with E-state index in [9.17, 15) is 9.59 Å². The van der Waals surface area contributed by atoms with Gasteiger partial charge in [0, 0.05) is 51.2 Å². The minimum absolute atomic E-state index is 0.0435. The van der Waals surface area contributed by atoms with Gasteiger partial charge in [-0.2, -0.15) is 0 Å². The fraction of sp³-hybridized carbons (Fsp3) is 0.333. The molecule has 0 bridgehead atoms. The lowest BCUT2D eigenvalue weighted by Crippen LogP contribution is -2.50. The van der Waals surface area contributed by atoms with E-state index < -0.39 is 0 Å². The maximum absolute atomic E-state index is 12.5. The number of nitrogens with zero attached hydrogens (tertiary/aromatic N) is 4. The quantitative estimate of drug-likeness (QED) is 0.923. The number of benzene rings is 1. The van der Waals surface area contributed by atoms with Gasteiger partial charge in [0.15, 0.2) is 0 Å². The summed E-state index contributed by atoms with van der Waals surface area (Å²) >= 11 is 0.